The predicted octanol–water partition coefficient (Wildman–Crippen LogP) is 4.04. The molecule has 1 saturated carbocycles. The summed E-state index contributed by atoms with van der Waals surface area (Å²) in [6, 6.07) is 9.39. The van der Waals surface area contributed by atoms with Crippen LogP contribution in [0.4, 0.5) is 0 Å². The third-order valence-electron chi connectivity index (χ3n) is 5.43. The molecule has 2 fully saturated rings. The molecule has 21 heavy (non-hydrogen) atoms. The summed E-state index contributed by atoms with van der Waals surface area (Å²) in [5, 5.41) is 0.816. The Morgan fingerprint density at radius 3 is 2.52 bits per heavy atom. The summed E-state index contributed by atoms with van der Waals surface area (Å²) >= 11 is 6.01. The quantitative estimate of drug-likeness (QED) is 0.910. The van der Waals surface area contributed by atoms with Gasteiger partial charge in [-0.25, -0.2) is 0 Å². The van der Waals surface area contributed by atoms with E-state index in [0.29, 0.717) is 12.0 Å². The van der Waals surface area contributed by atoms with Crippen molar-refractivity contribution in [1.82, 2.24) is 4.90 Å². The van der Waals surface area contributed by atoms with Gasteiger partial charge in [0.15, 0.2) is 0 Å². The van der Waals surface area contributed by atoms with Crippen LogP contribution in [0.1, 0.15) is 50.5 Å². The van der Waals surface area contributed by atoms with Gasteiger partial charge in [-0.15, -0.1) is 0 Å². The molecule has 0 aromatic heterocycles. The zero-order valence-corrected chi connectivity index (χ0v) is 13.7. The van der Waals surface area contributed by atoms with Crippen LogP contribution >= 0.6 is 11.6 Å². The van der Waals surface area contributed by atoms with E-state index in [0.717, 1.165) is 36.5 Å². The lowest BCUT2D eigenvalue weighted by Gasteiger charge is -2.46. The second-order valence-electron chi connectivity index (χ2n) is 6.86. The van der Waals surface area contributed by atoms with Crippen molar-refractivity contribution in [2.24, 2.45) is 11.7 Å². The number of halogens is 1. The first kappa shape index (κ1) is 15.3. The van der Waals surface area contributed by atoms with Gasteiger partial charge in [0.05, 0.1) is 0 Å². The Kier molecular flexibility index (Phi) is 4.88. The highest BCUT2D eigenvalue weighted by Gasteiger charge is 2.35. The fraction of sp³-hybridized carbons (Fsp3) is 0.667. The van der Waals surface area contributed by atoms with Crippen LogP contribution in [0.25, 0.3) is 0 Å². The fourth-order valence-corrected chi connectivity index (χ4v) is 4.26. The Morgan fingerprint density at radius 2 is 1.95 bits per heavy atom. The summed E-state index contributed by atoms with van der Waals surface area (Å²) in [7, 11) is 0. The molecule has 0 spiro atoms. The van der Waals surface area contributed by atoms with Crippen LogP contribution in [0.3, 0.4) is 0 Å². The van der Waals surface area contributed by atoms with Crippen LogP contribution in [-0.2, 0) is 0 Å². The predicted molar refractivity (Wildman–Crippen MR) is 89.8 cm³/mol. The number of benzene rings is 1. The number of nitrogens with zero attached hydrogens (tertiary/aromatic N) is 1. The molecule has 2 aliphatic rings. The van der Waals surface area contributed by atoms with Crippen LogP contribution in [0.5, 0.6) is 0 Å². The summed E-state index contributed by atoms with van der Waals surface area (Å²) in [5.74, 6) is 1.46. The lowest BCUT2D eigenvalue weighted by atomic mass is 9.76. The molecule has 2 nitrogen and oxygen atoms in total. The van der Waals surface area contributed by atoms with E-state index in [1.165, 1.54) is 31.2 Å². The van der Waals surface area contributed by atoms with Gasteiger partial charge in [0.2, 0.25) is 0 Å². The number of nitrogens with two attached hydrogens (primary N) is 1. The van der Waals surface area contributed by atoms with Crippen molar-refractivity contribution in [2.75, 3.05) is 13.1 Å². The molecule has 1 aliphatic carbocycles. The Hall–Kier alpha value is -0.570. The van der Waals surface area contributed by atoms with Crippen molar-refractivity contribution in [2.45, 2.75) is 57.0 Å². The fourth-order valence-electron chi connectivity index (χ4n) is 4.13. The molecule has 3 atom stereocenters. The van der Waals surface area contributed by atoms with Gasteiger partial charge >= 0.3 is 0 Å². The smallest absolute Gasteiger partial charge is 0.0406 e. The molecule has 1 saturated heterocycles. The molecular weight excluding hydrogens is 280 g/mol. The van der Waals surface area contributed by atoms with Crippen molar-refractivity contribution in [3.8, 4) is 0 Å². The summed E-state index contributed by atoms with van der Waals surface area (Å²) in [6.07, 6.45) is 6.59. The van der Waals surface area contributed by atoms with Crippen molar-refractivity contribution in [3.63, 3.8) is 0 Å². The van der Waals surface area contributed by atoms with Gasteiger partial charge in [-0.2, -0.15) is 0 Å². The maximum Gasteiger partial charge on any atom is 0.0406 e. The summed E-state index contributed by atoms with van der Waals surface area (Å²) in [5.41, 5.74) is 7.76. The highest BCUT2D eigenvalue weighted by molar-refractivity contribution is 6.30. The molecule has 0 radical (unpaired) electrons. The standard InChI is InChI=1S/C18H27ClN2/c1-2-18(14-4-3-5-14)21-11-15(10-17(20)12-21)13-6-8-16(19)9-7-13/h6-9,14-15,17-18H,2-5,10-12,20H2,1H3. The van der Waals surface area contributed by atoms with E-state index in [9.17, 15) is 0 Å². The van der Waals surface area contributed by atoms with Crippen LogP contribution in [0.15, 0.2) is 24.3 Å². The molecule has 1 aliphatic heterocycles. The van der Waals surface area contributed by atoms with E-state index in [1.807, 2.05) is 12.1 Å². The second kappa shape index (κ2) is 6.68. The van der Waals surface area contributed by atoms with Crippen molar-refractivity contribution < 1.29 is 0 Å². The van der Waals surface area contributed by atoms with Gasteiger partial charge in [0.25, 0.3) is 0 Å². The summed E-state index contributed by atoms with van der Waals surface area (Å²) in [4.78, 5) is 2.68. The molecule has 116 valence electrons. The van der Waals surface area contributed by atoms with E-state index < -0.39 is 0 Å². The van der Waals surface area contributed by atoms with E-state index in [1.54, 1.807) is 0 Å². The van der Waals surface area contributed by atoms with Crippen LogP contribution in [0.2, 0.25) is 5.02 Å². The van der Waals surface area contributed by atoms with Crippen LogP contribution in [-0.4, -0.2) is 30.1 Å². The molecule has 0 bridgehead atoms. The second-order valence-corrected chi connectivity index (χ2v) is 7.30. The highest BCUT2D eigenvalue weighted by atomic mass is 35.5. The lowest BCUT2D eigenvalue weighted by Crippen LogP contribution is -2.53. The maximum absolute atomic E-state index is 6.37. The lowest BCUT2D eigenvalue weighted by molar-refractivity contribution is 0.0605. The maximum atomic E-state index is 6.37. The minimum absolute atomic E-state index is 0.300. The van der Waals surface area contributed by atoms with E-state index >= 15 is 0 Å². The Bertz CT molecular complexity index is 455. The van der Waals surface area contributed by atoms with Crippen molar-refractivity contribution >= 4 is 11.6 Å². The topological polar surface area (TPSA) is 29.3 Å². The first-order chi connectivity index (χ1) is 10.2. The third-order valence-corrected chi connectivity index (χ3v) is 5.69. The zero-order chi connectivity index (χ0) is 14.8. The monoisotopic (exact) mass is 306 g/mol. The summed E-state index contributed by atoms with van der Waals surface area (Å²) < 4.78 is 0. The Balaban J connectivity index is 1.72. The van der Waals surface area contributed by atoms with Crippen molar-refractivity contribution in [1.29, 1.82) is 0 Å². The molecule has 3 heteroatoms. The van der Waals surface area contributed by atoms with Gasteiger partial charge in [-0.1, -0.05) is 37.1 Å². The first-order valence-electron chi connectivity index (χ1n) is 8.42. The Labute approximate surface area is 133 Å². The molecule has 3 unspecified atom stereocenters. The number of piperidine rings is 1. The number of rotatable bonds is 4. The molecule has 0 amide bonds. The third kappa shape index (κ3) is 3.44. The van der Waals surface area contributed by atoms with Crippen molar-refractivity contribution in [3.05, 3.63) is 34.9 Å². The van der Waals surface area contributed by atoms with Gasteiger partial charge < -0.3 is 5.73 Å². The van der Waals surface area contributed by atoms with Gasteiger partial charge in [0, 0.05) is 30.2 Å². The minimum atomic E-state index is 0.300. The van der Waals surface area contributed by atoms with E-state index in [2.05, 4.69) is 24.0 Å². The average molecular weight is 307 g/mol. The number of hydrogen-bond donors (Lipinski definition) is 1. The molecule has 3 rings (SSSR count). The van der Waals surface area contributed by atoms with E-state index in [-0.39, 0.29) is 0 Å². The van der Waals surface area contributed by atoms with Crippen LogP contribution in [0, 0.1) is 5.92 Å². The molecule has 2 N–H and O–H groups in total. The Morgan fingerprint density at radius 1 is 1.24 bits per heavy atom. The normalized spacial score (nSPS) is 29.1. The van der Waals surface area contributed by atoms with Gasteiger partial charge in [0.1, 0.15) is 0 Å². The van der Waals surface area contributed by atoms with Gasteiger partial charge in [-0.05, 0) is 55.2 Å². The molecule has 1 heterocycles. The summed E-state index contributed by atoms with van der Waals surface area (Å²) in [6.45, 7) is 4.56. The highest BCUT2D eigenvalue weighted by Crippen LogP contribution is 2.37. The molecule has 1 aromatic rings. The van der Waals surface area contributed by atoms with Crippen LogP contribution < -0.4 is 5.73 Å². The SMILES string of the molecule is CCC(C1CCC1)N1CC(N)CC(c2ccc(Cl)cc2)C1. The van der Waals surface area contributed by atoms with E-state index in [4.69, 9.17) is 17.3 Å². The molecule has 1 aromatic carbocycles. The first-order valence-corrected chi connectivity index (χ1v) is 8.80. The average Bonchev–Trinajstić information content (AvgIpc) is 2.42. The molecular formula is C18H27ClN2. The zero-order valence-electron chi connectivity index (χ0n) is 13.0. The van der Waals surface area contributed by atoms with Gasteiger partial charge in [-0.3, -0.25) is 4.90 Å². The minimum Gasteiger partial charge on any atom is -0.327 e. The number of hydrogen-bond acceptors (Lipinski definition) is 2. The number of likely N-dealkylation sites (tertiary alicyclic amines) is 1. The largest absolute Gasteiger partial charge is 0.327 e.